The number of nitrogens with zero attached hydrogens (tertiary/aromatic N) is 1. The zero-order chi connectivity index (χ0) is 9.42. The van der Waals surface area contributed by atoms with Crippen LogP contribution in [-0.2, 0) is 0 Å². The van der Waals surface area contributed by atoms with E-state index in [-0.39, 0.29) is 5.56 Å². The molecule has 0 fully saturated rings. The van der Waals surface area contributed by atoms with Crippen LogP contribution < -0.4 is 0 Å². The van der Waals surface area contributed by atoms with Crippen molar-refractivity contribution >= 4 is 39.7 Å². The predicted molar refractivity (Wildman–Crippen MR) is 53.7 cm³/mol. The van der Waals surface area contributed by atoms with Gasteiger partial charge in [0.05, 0.1) is 0 Å². The van der Waals surface area contributed by atoms with Crippen LogP contribution in [0.5, 0.6) is 0 Å². The summed E-state index contributed by atoms with van der Waals surface area (Å²) in [5.41, 5.74) is 1.05. The van der Waals surface area contributed by atoms with E-state index >= 15 is 0 Å². The van der Waals surface area contributed by atoms with Gasteiger partial charge in [-0.25, -0.2) is 9.78 Å². The van der Waals surface area contributed by atoms with Crippen molar-refractivity contribution in [1.82, 2.24) is 4.98 Å². The second-order valence-corrected chi connectivity index (χ2v) is 3.35. The van der Waals surface area contributed by atoms with Gasteiger partial charge in [0.1, 0.15) is 11.1 Å². The third-order valence-corrected chi connectivity index (χ3v) is 2.08. The Balaban J connectivity index is 2.82. The molecule has 1 aromatic heterocycles. The maximum Gasteiger partial charge on any atom is 0.339 e. The number of para-hydroxylation sites is 1. The molecule has 0 saturated carbocycles. The van der Waals surface area contributed by atoms with Gasteiger partial charge in [0.25, 0.3) is 3.90 Å². The molecule has 0 aliphatic heterocycles. The van der Waals surface area contributed by atoms with Crippen LogP contribution in [0, 0.1) is 3.90 Å². The van der Waals surface area contributed by atoms with E-state index in [1.807, 2.05) is 22.6 Å². The highest BCUT2D eigenvalue weighted by molar-refractivity contribution is 14.1. The van der Waals surface area contributed by atoms with Gasteiger partial charge in [-0.3, -0.25) is 0 Å². The number of hydrogen-bond acceptors (Lipinski definition) is 3. The Labute approximate surface area is 86.7 Å². The molecule has 0 spiro atoms. The Hall–Kier alpha value is -1.11. The zero-order valence-corrected chi connectivity index (χ0v) is 8.48. The molecule has 1 aromatic carbocycles. The first-order valence-electron chi connectivity index (χ1n) is 3.47. The third-order valence-electron chi connectivity index (χ3n) is 1.62. The molecule has 0 radical (unpaired) electrons. The number of rotatable bonds is 1. The van der Waals surface area contributed by atoms with Crippen molar-refractivity contribution in [2.75, 3.05) is 0 Å². The molecule has 1 N–H and O–H groups in total. The molecule has 0 saturated heterocycles. The maximum atomic E-state index is 10.7. The number of carboxylic acids is 1. The third kappa shape index (κ3) is 1.39. The summed E-state index contributed by atoms with van der Waals surface area (Å²) in [4.78, 5) is 14.7. The van der Waals surface area contributed by atoms with E-state index in [1.54, 1.807) is 12.1 Å². The van der Waals surface area contributed by atoms with Crippen LogP contribution in [0.4, 0.5) is 0 Å². The number of carbonyl (C=O) groups is 1. The number of fused-ring (bicyclic) bond motifs is 1. The largest absolute Gasteiger partial charge is 0.478 e. The number of benzene rings is 1. The minimum absolute atomic E-state index is 0.146. The van der Waals surface area contributed by atoms with Gasteiger partial charge in [0.15, 0.2) is 5.58 Å². The SMILES string of the molecule is O=C(O)c1cccc2nc(I)oc12. The van der Waals surface area contributed by atoms with Crippen molar-refractivity contribution in [2.24, 2.45) is 0 Å². The van der Waals surface area contributed by atoms with Crippen LogP contribution in [-0.4, -0.2) is 16.1 Å². The topological polar surface area (TPSA) is 63.3 Å². The van der Waals surface area contributed by atoms with Crippen LogP contribution in [0.15, 0.2) is 22.6 Å². The lowest BCUT2D eigenvalue weighted by Crippen LogP contribution is -1.95. The number of oxazole rings is 1. The lowest BCUT2D eigenvalue weighted by molar-refractivity contribution is 0.0698. The quantitative estimate of drug-likeness (QED) is 0.817. The lowest BCUT2D eigenvalue weighted by atomic mass is 10.2. The Morgan fingerprint density at radius 1 is 1.54 bits per heavy atom. The molecule has 0 aliphatic carbocycles. The van der Waals surface area contributed by atoms with Crippen molar-refractivity contribution in [3.63, 3.8) is 0 Å². The maximum absolute atomic E-state index is 10.7. The summed E-state index contributed by atoms with van der Waals surface area (Å²) >= 11 is 1.90. The first-order chi connectivity index (χ1) is 6.18. The summed E-state index contributed by atoms with van der Waals surface area (Å²) in [6.07, 6.45) is 0. The fourth-order valence-corrected chi connectivity index (χ4v) is 1.57. The number of carboxylic acid groups (broad SMARTS) is 1. The van der Waals surface area contributed by atoms with Gasteiger partial charge in [-0.15, -0.1) is 0 Å². The summed E-state index contributed by atoms with van der Waals surface area (Å²) in [7, 11) is 0. The monoisotopic (exact) mass is 289 g/mol. The predicted octanol–water partition coefficient (Wildman–Crippen LogP) is 2.13. The first-order valence-corrected chi connectivity index (χ1v) is 4.54. The van der Waals surface area contributed by atoms with Crippen LogP contribution in [0.25, 0.3) is 11.1 Å². The molecule has 0 unspecified atom stereocenters. The van der Waals surface area contributed by atoms with E-state index in [0.29, 0.717) is 15.0 Å². The number of halogens is 1. The molecule has 1 heterocycles. The molecule has 2 aromatic rings. The minimum atomic E-state index is -1.00. The second kappa shape index (κ2) is 2.99. The smallest absolute Gasteiger partial charge is 0.339 e. The van der Waals surface area contributed by atoms with Crippen molar-refractivity contribution in [3.8, 4) is 0 Å². The molecule has 0 aliphatic rings. The van der Waals surface area contributed by atoms with Crippen LogP contribution in [0.2, 0.25) is 0 Å². The molecule has 5 heteroatoms. The first kappa shape index (κ1) is 8.49. The van der Waals surface area contributed by atoms with E-state index in [4.69, 9.17) is 9.52 Å². The summed E-state index contributed by atoms with van der Waals surface area (Å²) in [5, 5.41) is 8.80. The van der Waals surface area contributed by atoms with E-state index < -0.39 is 5.97 Å². The van der Waals surface area contributed by atoms with E-state index in [2.05, 4.69) is 4.98 Å². The van der Waals surface area contributed by atoms with Gasteiger partial charge in [-0.2, -0.15) is 0 Å². The van der Waals surface area contributed by atoms with Crippen molar-refractivity contribution in [3.05, 3.63) is 27.7 Å². The van der Waals surface area contributed by atoms with Crippen LogP contribution in [0.3, 0.4) is 0 Å². The Morgan fingerprint density at radius 2 is 2.31 bits per heavy atom. The molecule has 0 atom stereocenters. The van der Waals surface area contributed by atoms with Gasteiger partial charge in [-0.1, -0.05) is 6.07 Å². The highest BCUT2D eigenvalue weighted by atomic mass is 127. The van der Waals surface area contributed by atoms with Crippen molar-refractivity contribution < 1.29 is 14.3 Å². The van der Waals surface area contributed by atoms with Gasteiger partial charge < -0.3 is 9.52 Å². The summed E-state index contributed by atoms with van der Waals surface area (Å²) in [5.74, 6) is -1.00. The fraction of sp³-hybridized carbons (Fsp3) is 0. The Bertz CT molecular complexity index is 477. The normalized spacial score (nSPS) is 10.5. The summed E-state index contributed by atoms with van der Waals surface area (Å²) in [6.45, 7) is 0. The number of aromatic carboxylic acids is 1. The molecule has 13 heavy (non-hydrogen) atoms. The summed E-state index contributed by atoms with van der Waals surface area (Å²) < 4.78 is 5.60. The highest BCUT2D eigenvalue weighted by Crippen LogP contribution is 2.20. The van der Waals surface area contributed by atoms with Crippen LogP contribution >= 0.6 is 22.6 Å². The van der Waals surface area contributed by atoms with Crippen LogP contribution in [0.1, 0.15) is 10.4 Å². The second-order valence-electron chi connectivity index (χ2n) is 2.43. The number of hydrogen-bond donors (Lipinski definition) is 1. The minimum Gasteiger partial charge on any atom is -0.478 e. The summed E-state index contributed by atoms with van der Waals surface area (Å²) in [6, 6.07) is 4.85. The highest BCUT2D eigenvalue weighted by Gasteiger charge is 2.12. The standard InChI is InChI=1S/C8H4INO3/c9-8-10-5-3-1-2-4(7(11)12)6(5)13-8/h1-3H,(H,11,12). The number of aromatic nitrogens is 1. The van der Waals surface area contributed by atoms with Crippen molar-refractivity contribution in [1.29, 1.82) is 0 Å². The Morgan fingerprint density at radius 3 is 3.00 bits per heavy atom. The van der Waals surface area contributed by atoms with E-state index in [1.165, 1.54) is 6.07 Å². The molecule has 2 rings (SSSR count). The Kier molecular flexibility index (Phi) is 1.95. The molecular formula is C8H4INO3. The molecule has 4 nitrogen and oxygen atoms in total. The average Bonchev–Trinajstić information content (AvgIpc) is 2.43. The molecule has 66 valence electrons. The lowest BCUT2D eigenvalue weighted by Gasteiger charge is -1.92. The average molecular weight is 289 g/mol. The van der Waals surface area contributed by atoms with Gasteiger partial charge in [-0.05, 0) is 12.1 Å². The van der Waals surface area contributed by atoms with E-state index in [0.717, 1.165) is 0 Å². The molecule has 0 bridgehead atoms. The zero-order valence-electron chi connectivity index (χ0n) is 6.32. The van der Waals surface area contributed by atoms with Gasteiger partial charge in [0, 0.05) is 22.6 Å². The fourth-order valence-electron chi connectivity index (χ4n) is 1.09. The molecular weight excluding hydrogens is 285 g/mol. The van der Waals surface area contributed by atoms with Crippen molar-refractivity contribution in [2.45, 2.75) is 0 Å². The van der Waals surface area contributed by atoms with E-state index in [9.17, 15) is 4.79 Å². The molecule has 0 amide bonds. The van der Waals surface area contributed by atoms with Gasteiger partial charge >= 0.3 is 5.97 Å². The van der Waals surface area contributed by atoms with Gasteiger partial charge in [0.2, 0.25) is 0 Å².